The van der Waals surface area contributed by atoms with Crippen LogP contribution >= 0.6 is 0 Å². The molecule has 0 saturated carbocycles. The van der Waals surface area contributed by atoms with Crippen LogP contribution in [0.2, 0.25) is 0 Å². The normalized spacial score (nSPS) is 16.2. The molecule has 2 heterocycles. The predicted molar refractivity (Wildman–Crippen MR) is 147 cm³/mol. The van der Waals surface area contributed by atoms with Crippen LogP contribution in [0.15, 0.2) is 66.7 Å². The van der Waals surface area contributed by atoms with Crippen LogP contribution in [0.4, 0.5) is 0 Å². The van der Waals surface area contributed by atoms with Gasteiger partial charge in [0.15, 0.2) is 0 Å². The van der Waals surface area contributed by atoms with Crippen molar-refractivity contribution in [1.82, 2.24) is 20.2 Å². The summed E-state index contributed by atoms with van der Waals surface area (Å²) in [6.45, 7) is 9.09. The van der Waals surface area contributed by atoms with Crippen molar-refractivity contribution in [3.63, 3.8) is 0 Å². The Morgan fingerprint density at radius 1 is 0.889 bits per heavy atom. The Labute approximate surface area is 213 Å². The number of nitrogens with one attached hydrogen (secondary N) is 1. The molecule has 1 aliphatic rings. The van der Waals surface area contributed by atoms with E-state index in [1.165, 1.54) is 30.4 Å². The molecule has 36 heavy (non-hydrogen) atoms. The number of aromatic nitrogens is 2. The highest BCUT2D eigenvalue weighted by molar-refractivity contribution is 5.98. The molecule has 5 nitrogen and oxygen atoms in total. The van der Waals surface area contributed by atoms with Crippen molar-refractivity contribution < 1.29 is 4.79 Å². The van der Waals surface area contributed by atoms with Gasteiger partial charge in [-0.2, -0.15) is 0 Å². The van der Waals surface area contributed by atoms with E-state index in [9.17, 15) is 4.79 Å². The summed E-state index contributed by atoms with van der Waals surface area (Å²) < 4.78 is 0. The number of fused-ring (bicyclic) bond motifs is 1. The molecular weight excluding hydrogens is 444 g/mol. The molecule has 1 saturated heterocycles. The summed E-state index contributed by atoms with van der Waals surface area (Å²) in [7, 11) is 0. The average Bonchev–Trinajstić information content (AvgIpc) is 2.88. The summed E-state index contributed by atoms with van der Waals surface area (Å²) in [5.41, 5.74) is 8.19. The lowest BCUT2D eigenvalue weighted by atomic mass is 10.0. The van der Waals surface area contributed by atoms with E-state index in [1.54, 1.807) is 0 Å². The highest BCUT2D eigenvalue weighted by Gasteiger charge is 2.18. The Hall–Kier alpha value is -3.57. The quantitative estimate of drug-likeness (QED) is 0.359. The molecule has 4 aromatic rings. The number of hydrogen-bond donors (Lipinski definition) is 1. The minimum Gasteiger partial charge on any atom is -0.351 e. The molecule has 0 spiro atoms. The smallest absolute Gasteiger partial charge is 0.251 e. The van der Waals surface area contributed by atoms with Crippen molar-refractivity contribution in [1.29, 1.82) is 0 Å². The maximum Gasteiger partial charge on any atom is 0.251 e. The zero-order chi connectivity index (χ0) is 25.1. The number of nitrogens with zero attached hydrogens (tertiary/aromatic N) is 3. The Kier molecular flexibility index (Phi) is 7.10. The van der Waals surface area contributed by atoms with E-state index in [4.69, 9.17) is 9.97 Å². The van der Waals surface area contributed by atoms with Crippen molar-refractivity contribution in [3.05, 3.63) is 83.4 Å². The van der Waals surface area contributed by atoms with E-state index in [2.05, 4.69) is 73.5 Å². The molecule has 1 unspecified atom stereocenters. The van der Waals surface area contributed by atoms with Gasteiger partial charge in [-0.3, -0.25) is 9.69 Å². The maximum absolute atomic E-state index is 13.0. The number of carbonyl (C=O) groups is 1. The number of likely N-dealkylation sites (tertiary alicyclic amines) is 1. The summed E-state index contributed by atoms with van der Waals surface area (Å²) in [6, 6.07) is 22.9. The predicted octanol–water partition coefficient (Wildman–Crippen LogP) is 6.18. The second-order valence-corrected chi connectivity index (χ2v) is 10.00. The van der Waals surface area contributed by atoms with Crippen molar-refractivity contribution in [2.24, 2.45) is 0 Å². The highest BCUT2D eigenvalue weighted by atomic mass is 16.1. The largest absolute Gasteiger partial charge is 0.351 e. The lowest BCUT2D eigenvalue weighted by Gasteiger charge is -2.33. The first kappa shape index (κ1) is 24.1. The van der Waals surface area contributed by atoms with Gasteiger partial charge < -0.3 is 5.32 Å². The zero-order valence-corrected chi connectivity index (χ0v) is 21.4. The van der Waals surface area contributed by atoms with E-state index in [1.807, 2.05) is 24.3 Å². The third kappa shape index (κ3) is 5.31. The Bertz CT molecular complexity index is 1400. The van der Waals surface area contributed by atoms with Crippen LogP contribution in [0.1, 0.15) is 47.7 Å². The second-order valence-electron chi connectivity index (χ2n) is 10.00. The SMILES string of the molecule is Cc1cccc(-c2nc3ccc(C(=O)NCCN4CCCCC4C)cc3nc2-c2cccc(C)c2)c1. The molecule has 5 rings (SSSR count). The molecule has 0 aliphatic carbocycles. The zero-order valence-electron chi connectivity index (χ0n) is 21.4. The van der Waals surface area contributed by atoms with Crippen LogP contribution in [0.25, 0.3) is 33.5 Å². The fourth-order valence-electron chi connectivity index (χ4n) is 5.09. The number of piperidine rings is 1. The van der Waals surface area contributed by atoms with Crippen LogP contribution in [0.3, 0.4) is 0 Å². The summed E-state index contributed by atoms with van der Waals surface area (Å²) in [4.78, 5) is 25.5. The summed E-state index contributed by atoms with van der Waals surface area (Å²) >= 11 is 0. The van der Waals surface area contributed by atoms with Crippen molar-refractivity contribution in [2.75, 3.05) is 19.6 Å². The monoisotopic (exact) mass is 478 g/mol. The molecule has 1 amide bonds. The molecular formula is C31H34N4O. The molecule has 184 valence electrons. The minimum atomic E-state index is -0.0665. The summed E-state index contributed by atoms with van der Waals surface area (Å²) in [5.74, 6) is -0.0665. The van der Waals surface area contributed by atoms with Gasteiger partial charge in [0.2, 0.25) is 0 Å². The van der Waals surface area contributed by atoms with Crippen molar-refractivity contribution in [3.8, 4) is 22.5 Å². The Morgan fingerprint density at radius 3 is 2.19 bits per heavy atom. The van der Waals surface area contributed by atoms with E-state index >= 15 is 0 Å². The van der Waals surface area contributed by atoms with E-state index in [0.717, 1.165) is 46.6 Å². The first-order valence-corrected chi connectivity index (χ1v) is 13.0. The third-order valence-corrected chi connectivity index (χ3v) is 7.13. The number of hydrogen-bond acceptors (Lipinski definition) is 4. The van der Waals surface area contributed by atoms with Gasteiger partial charge in [-0.1, -0.05) is 53.9 Å². The van der Waals surface area contributed by atoms with Gasteiger partial charge in [0.25, 0.3) is 5.91 Å². The van der Waals surface area contributed by atoms with Crippen LogP contribution in [0.5, 0.6) is 0 Å². The molecule has 0 bridgehead atoms. The Balaban J connectivity index is 1.45. The van der Waals surface area contributed by atoms with Crippen LogP contribution in [0, 0.1) is 13.8 Å². The van der Waals surface area contributed by atoms with Gasteiger partial charge in [0.1, 0.15) is 0 Å². The molecule has 1 fully saturated rings. The van der Waals surface area contributed by atoms with Gasteiger partial charge in [-0.25, -0.2) is 9.97 Å². The van der Waals surface area contributed by atoms with Crippen LogP contribution in [-0.4, -0.2) is 46.5 Å². The lowest BCUT2D eigenvalue weighted by molar-refractivity contribution is 0.0938. The number of benzene rings is 3. The van der Waals surface area contributed by atoms with Crippen molar-refractivity contribution >= 4 is 16.9 Å². The number of aryl methyl sites for hydroxylation is 2. The second kappa shape index (κ2) is 10.6. The first-order chi connectivity index (χ1) is 17.5. The van der Waals surface area contributed by atoms with Gasteiger partial charge in [0.05, 0.1) is 22.4 Å². The van der Waals surface area contributed by atoms with Gasteiger partial charge in [0, 0.05) is 35.8 Å². The number of amides is 1. The summed E-state index contributed by atoms with van der Waals surface area (Å²) in [6.07, 6.45) is 3.79. The first-order valence-electron chi connectivity index (χ1n) is 13.0. The maximum atomic E-state index is 13.0. The Morgan fingerprint density at radius 2 is 1.56 bits per heavy atom. The van der Waals surface area contributed by atoms with E-state index < -0.39 is 0 Å². The molecule has 3 aromatic carbocycles. The highest BCUT2D eigenvalue weighted by Crippen LogP contribution is 2.32. The third-order valence-electron chi connectivity index (χ3n) is 7.13. The molecule has 0 radical (unpaired) electrons. The van der Waals surface area contributed by atoms with Gasteiger partial charge in [-0.15, -0.1) is 0 Å². The van der Waals surface area contributed by atoms with Gasteiger partial charge in [-0.05, 0) is 70.5 Å². The standard InChI is InChI=1S/C31H34N4O/c1-21-8-6-11-24(18-21)29-30(25-12-7-9-22(2)19-25)34-28-20-26(13-14-27(28)33-29)31(36)32-15-17-35-16-5-4-10-23(35)3/h6-9,11-14,18-20,23H,4-5,10,15-17H2,1-3H3,(H,32,36). The topological polar surface area (TPSA) is 58.1 Å². The lowest BCUT2D eigenvalue weighted by Crippen LogP contribution is -2.42. The molecule has 1 atom stereocenters. The fraction of sp³-hybridized carbons (Fsp3) is 0.323. The number of rotatable bonds is 6. The molecule has 1 N–H and O–H groups in total. The van der Waals surface area contributed by atoms with Crippen molar-refractivity contribution in [2.45, 2.75) is 46.1 Å². The van der Waals surface area contributed by atoms with Crippen LogP contribution in [-0.2, 0) is 0 Å². The average molecular weight is 479 g/mol. The van der Waals surface area contributed by atoms with E-state index in [-0.39, 0.29) is 5.91 Å². The molecule has 1 aromatic heterocycles. The fourth-order valence-corrected chi connectivity index (χ4v) is 5.09. The minimum absolute atomic E-state index is 0.0665. The van der Waals surface area contributed by atoms with Crippen LogP contribution < -0.4 is 5.32 Å². The molecule has 5 heteroatoms. The number of carbonyl (C=O) groups excluding carboxylic acids is 1. The van der Waals surface area contributed by atoms with Gasteiger partial charge >= 0.3 is 0 Å². The molecule has 1 aliphatic heterocycles. The van der Waals surface area contributed by atoms with E-state index in [0.29, 0.717) is 18.2 Å². The summed E-state index contributed by atoms with van der Waals surface area (Å²) in [5, 5.41) is 3.10.